The fourth-order valence-corrected chi connectivity index (χ4v) is 5.42. The lowest BCUT2D eigenvalue weighted by Crippen LogP contribution is -2.45. The van der Waals surface area contributed by atoms with Crippen LogP contribution in [0.4, 0.5) is 0 Å². The third-order valence-electron chi connectivity index (χ3n) is 5.31. The van der Waals surface area contributed by atoms with E-state index in [0.29, 0.717) is 36.6 Å². The highest BCUT2D eigenvalue weighted by Gasteiger charge is 2.45. The molecular formula is C20H27NO4S. The van der Waals surface area contributed by atoms with Crippen molar-refractivity contribution in [3.63, 3.8) is 0 Å². The summed E-state index contributed by atoms with van der Waals surface area (Å²) in [6, 6.07) is 7.08. The van der Waals surface area contributed by atoms with Crippen LogP contribution in [0.5, 0.6) is 0 Å². The lowest BCUT2D eigenvalue weighted by Gasteiger charge is -2.38. The number of aryl methyl sites for hydroxylation is 1. The summed E-state index contributed by atoms with van der Waals surface area (Å²) in [4.78, 5) is 4.76. The molecule has 26 heavy (non-hydrogen) atoms. The largest absolute Gasteiger partial charge is 0.384 e. The number of hydrogen-bond acceptors (Lipinski definition) is 5. The zero-order chi connectivity index (χ0) is 19.2. The molecule has 1 fully saturated rings. The lowest BCUT2D eigenvalue weighted by atomic mass is 9.91. The average molecular weight is 378 g/mol. The summed E-state index contributed by atoms with van der Waals surface area (Å²) in [6.07, 6.45) is 2.42. The molecule has 1 aromatic rings. The molecule has 2 aliphatic heterocycles. The molecular weight excluding hydrogens is 350 g/mol. The van der Waals surface area contributed by atoms with Gasteiger partial charge in [0, 0.05) is 6.61 Å². The van der Waals surface area contributed by atoms with E-state index in [1.807, 2.05) is 26.0 Å². The molecule has 6 heteroatoms. The summed E-state index contributed by atoms with van der Waals surface area (Å²) in [5, 5.41) is 10.1. The maximum atomic E-state index is 13.3. The zero-order valence-electron chi connectivity index (χ0n) is 15.8. The summed E-state index contributed by atoms with van der Waals surface area (Å²) in [5.41, 5.74) is 1.48. The summed E-state index contributed by atoms with van der Waals surface area (Å²) in [6.45, 7) is 7.94. The predicted molar refractivity (Wildman–Crippen MR) is 102 cm³/mol. The van der Waals surface area contributed by atoms with Gasteiger partial charge in [-0.1, -0.05) is 12.1 Å². The molecule has 1 saturated heterocycles. The highest BCUT2D eigenvalue weighted by molar-refractivity contribution is 7.92. The summed E-state index contributed by atoms with van der Waals surface area (Å²) in [7, 11) is -3.48. The molecule has 0 saturated carbocycles. The van der Waals surface area contributed by atoms with Gasteiger partial charge >= 0.3 is 0 Å². The van der Waals surface area contributed by atoms with Crippen LogP contribution >= 0.6 is 0 Å². The molecule has 2 heterocycles. The van der Waals surface area contributed by atoms with Gasteiger partial charge in [0.2, 0.25) is 0 Å². The molecule has 0 aromatic heterocycles. The zero-order valence-corrected chi connectivity index (χ0v) is 16.6. The van der Waals surface area contributed by atoms with Crippen LogP contribution in [0.2, 0.25) is 0 Å². The van der Waals surface area contributed by atoms with Crippen molar-refractivity contribution in [3.8, 4) is 0 Å². The van der Waals surface area contributed by atoms with Crippen molar-refractivity contribution in [1.82, 2.24) is 0 Å². The first kappa shape index (κ1) is 19.3. The Kier molecular flexibility index (Phi) is 4.88. The average Bonchev–Trinajstić information content (AvgIpc) is 3.05. The quantitative estimate of drug-likeness (QED) is 0.875. The molecule has 0 amide bonds. The van der Waals surface area contributed by atoms with Crippen molar-refractivity contribution >= 4 is 15.5 Å². The van der Waals surface area contributed by atoms with E-state index in [-0.39, 0.29) is 6.10 Å². The van der Waals surface area contributed by atoms with Crippen LogP contribution in [-0.2, 0) is 14.6 Å². The Morgan fingerprint density at radius 1 is 1.35 bits per heavy atom. The Hall–Kier alpha value is -1.50. The van der Waals surface area contributed by atoms with E-state index < -0.39 is 20.2 Å². The summed E-state index contributed by atoms with van der Waals surface area (Å²) < 4.78 is 31.6. The molecule has 3 rings (SSSR count). The highest BCUT2D eigenvalue weighted by atomic mass is 32.2. The van der Waals surface area contributed by atoms with Crippen molar-refractivity contribution in [2.24, 2.45) is 4.99 Å². The number of rotatable bonds is 4. The van der Waals surface area contributed by atoms with Crippen molar-refractivity contribution in [1.29, 1.82) is 0 Å². The number of ether oxygens (including phenoxy) is 1. The second-order valence-electron chi connectivity index (χ2n) is 8.06. The molecule has 1 N–H and O–H groups in total. The number of hydrogen-bond donors (Lipinski definition) is 1. The molecule has 0 bridgehead atoms. The van der Waals surface area contributed by atoms with Crippen LogP contribution in [0.3, 0.4) is 0 Å². The van der Waals surface area contributed by atoms with E-state index in [1.54, 1.807) is 32.0 Å². The minimum Gasteiger partial charge on any atom is -0.384 e. The second-order valence-corrected chi connectivity index (χ2v) is 10.5. The van der Waals surface area contributed by atoms with Crippen LogP contribution in [0.25, 0.3) is 0 Å². The monoisotopic (exact) mass is 377 g/mol. The molecule has 0 radical (unpaired) electrons. The van der Waals surface area contributed by atoms with Gasteiger partial charge in [0.15, 0.2) is 9.84 Å². The first-order valence-electron chi connectivity index (χ1n) is 8.94. The molecule has 2 atom stereocenters. The van der Waals surface area contributed by atoms with Gasteiger partial charge in [-0.05, 0) is 69.9 Å². The van der Waals surface area contributed by atoms with Crippen LogP contribution in [-0.4, -0.2) is 48.8 Å². The van der Waals surface area contributed by atoms with E-state index in [0.717, 1.165) is 11.1 Å². The van der Waals surface area contributed by atoms with E-state index in [1.165, 1.54) is 0 Å². The fourth-order valence-electron chi connectivity index (χ4n) is 3.53. The number of benzene rings is 1. The van der Waals surface area contributed by atoms with Crippen LogP contribution < -0.4 is 0 Å². The van der Waals surface area contributed by atoms with Gasteiger partial charge in [-0.3, -0.25) is 4.99 Å². The maximum Gasteiger partial charge on any atom is 0.184 e. The van der Waals surface area contributed by atoms with Crippen molar-refractivity contribution in [3.05, 3.63) is 41.5 Å². The predicted octanol–water partition coefficient (Wildman–Crippen LogP) is 2.86. The van der Waals surface area contributed by atoms with Gasteiger partial charge in [0.25, 0.3) is 0 Å². The van der Waals surface area contributed by atoms with Crippen molar-refractivity contribution < 1.29 is 18.3 Å². The first-order valence-corrected chi connectivity index (χ1v) is 10.4. The van der Waals surface area contributed by atoms with Gasteiger partial charge in [-0.15, -0.1) is 0 Å². The minimum atomic E-state index is -3.48. The Morgan fingerprint density at radius 3 is 2.69 bits per heavy atom. The van der Waals surface area contributed by atoms with Crippen molar-refractivity contribution in [2.75, 3.05) is 13.2 Å². The SMILES string of the molecule is Cc1cccc(S(=O)(=O)C2(C)CCOC(C3=CC(C(C)(C)O)=NC3)C2)c1. The lowest BCUT2D eigenvalue weighted by molar-refractivity contribution is 0.0236. The third kappa shape index (κ3) is 3.50. The molecule has 1 aromatic carbocycles. The topological polar surface area (TPSA) is 76.0 Å². The third-order valence-corrected chi connectivity index (χ3v) is 7.85. The van der Waals surface area contributed by atoms with Gasteiger partial charge in [-0.2, -0.15) is 0 Å². The van der Waals surface area contributed by atoms with E-state index in [2.05, 4.69) is 4.99 Å². The Bertz CT molecular complexity index is 864. The Labute approximate surface area is 155 Å². The number of nitrogens with zero attached hydrogens (tertiary/aromatic N) is 1. The van der Waals surface area contributed by atoms with Crippen LogP contribution in [0.15, 0.2) is 45.8 Å². The molecule has 142 valence electrons. The highest BCUT2D eigenvalue weighted by Crippen LogP contribution is 2.39. The molecule has 0 aliphatic carbocycles. The molecule has 2 aliphatic rings. The Balaban J connectivity index is 1.86. The first-order chi connectivity index (χ1) is 12.0. The maximum absolute atomic E-state index is 13.3. The molecule has 5 nitrogen and oxygen atoms in total. The van der Waals surface area contributed by atoms with E-state index in [4.69, 9.17) is 4.74 Å². The normalized spacial score (nSPS) is 27.2. The minimum absolute atomic E-state index is 0.295. The van der Waals surface area contributed by atoms with Gasteiger partial charge in [0.05, 0.1) is 28.0 Å². The molecule has 0 spiro atoms. The summed E-state index contributed by atoms with van der Waals surface area (Å²) >= 11 is 0. The van der Waals surface area contributed by atoms with E-state index >= 15 is 0 Å². The second kappa shape index (κ2) is 6.59. The van der Waals surface area contributed by atoms with Crippen LogP contribution in [0, 0.1) is 6.92 Å². The van der Waals surface area contributed by atoms with E-state index in [9.17, 15) is 13.5 Å². The number of sulfone groups is 1. The molecule has 2 unspecified atom stereocenters. The van der Waals surface area contributed by atoms with Gasteiger partial charge in [0.1, 0.15) is 5.60 Å². The Morgan fingerprint density at radius 2 is 2.08 bits per heavy atom. The van der Waals surface area contributed by atoms with Crippen LogP contribution in [0.1, 0.15) is 39.2 Å². The smallest absolute Gasteiger partial charge is 0.184 e. The number of aliphatic hydroxyl groups is 1. The fraction of sp³-hybridized carbons (Fsp3) is 0.550. The number of aliphatic imine (C=N–C) groups is 1. The van der Waals surface area contributed by atoms with Gasteiger partial charge in [-0.25, -0.2) is 8.42 Å². The summed E-state index contributed by atoms with van der Waals surface area (Å²) in [5.74, 6) is 0. The van der Waals surface area contributed by atoms with Crippen molar-refractivity contribution in [2.45, 2.75) is 61.9 Å². The standard InChI is InChI=1S/C20H27NO4S/c1-14-6-5-7-16(10-14)26(23,24)20(4)8-9-25-17(12-20)15-11-18(21-13-15)19(2,3)22/h5-7,10-11,17,22H,8-9,12-13H2,1-4H3. The van der Waals surface area contributed by atoms with Gasteiger partial charge < -0.3 is 9.84 Å².